The van der Waals surface area contributed by atoms with Crippen molar-refractivity contribution < 1.29 is 9.94 Å². The smallest absolute Gasteiger partial charge is 0.144 e. The first kappa shape index (κ1) is 17.2. The normalized spacial score (nSPS) is 13.6. The van der Waals surface area contributed by atoms with Crippen LogP contribution in [0, 0.1) is 5.41 Å². The number of ether oxygens (including phenoxy) is 1. The molecular weight excluding hydrogens is 230 g/mol. The van der Waals surface area contributed by atoms with E-state index >= 15 is 0 Å². The first-order valence-electron chi connectivity index (χ1n) is 6.57. The van der Waals surface area contributed by atoms with Crippen LogP contribution in [0.5, 0.6) is 0 Å². The molecule has 0 fully saturated rings. The maximum atomic E-state index is 8.68. The average Bonchev–Trinajstić information content (AvgIpc) is 2.27. The van der Waals surface area contributed by atoms with E-state index in [4.69, 9.17) is 15.7 Å². The average molecular weight is 259 g/mol. The number of rotatable bonds is 9. The van der Waals surface area contributed by atoms with Crippen molar-refractivity contribution in [2.24, 2.45) is 16.3 Å². The summed E-state index contributed by atoms with van der Waals surface area (Å²) in [7, 11) is 2.08. The topological polar surface area (TPSA) is 71.1 Å². The summed E-state index contributed by atoms with van der Waals surface area (Å²) in [4.78, 5) is 2.24. The minimum absolute atomic E-state index is 0.246. The first-order chi connectivity index (χ1) is 8.29. The van der Waals surface area contributed by atoms with Crippen LogP contribution in [0.2, 0.25) is 0 Å². The van der Waals surface area contributed by atoms with Crippen molar-refractivity contribution in [3.63, 3.8) is 0 Å². The summed E-state index contributed by atoms with van der Waals surface area (Å²) in [5, 5.41) is 11.8. The fourth-order valence-electron chi connectivity index (χ4n) is 1.61. The zero-order chi connectivity index (χ0) is 14.2. The molecule has 5 heteroatoms. The van der Waals surface area contributed by atoms with Crippen LogP contribution in [0.1, 0.15) is 40.5 Å². The van der Waals surface area contributed by atoms with E-state index in [0.717, 1.165) is 32.5 Å². The summed E-state index contributed by atoms with van der Waals surface area (Å²) in [6, 6.07) is 0. The highest BCUT2D eigenvalue weighted by Crippen LogP contribution is 2.22. The highest BCUT2D eigenvalue weighted by Gasteiger charge is 2.22. The predicted molar refractivity (Wildman–Crippen MR) is 75.0 cm³/mol. The van der Waals surface area contributed by atoms with E-state index in [0.29, 0.717) is 5.84 Å². The van der Waals surface area contributed by atoms with Gasteiger partial charge in [0.2, 0.25) is 0 Å². The van der Waals surface area contributed by atoms with Crippen LogP contribution in [0.4, 0.5) is 0 Å². The van der Waals surface area contributed by atoms with Gasteiger partial charge in [0.1, 0.15) is 5.84 Å². The summed E-state index contributed by atoms with van der Waals surface area (Å²) in [5.41, 5.74) is 5.40. The molecule has 0 aliphatic carbocycles. The molecule has 0 radical (unpaired) electrons. The van der Waals surface area contributed by atoms with Crippen molar-refractivity contribution in [1.29, 1.82) is 0 Å². The third kappa shape index (κ3) is 7.50. The van der Waals surface area contributed by atoms with Gasteiger partial charge < -0.3 is 20.6 Å². The molecule has 0 saturated carbocycles. The van der Waals surface area contributed by atoms with E-state index in [1.165, 1.54) is 0 Å². The van der Waals surface area contributed by atoms with Gasteiger partial charge in [-0.25, -0.2) is 0 Å². The second-order valence-electron chi connectivity index (χ2n) is 5.70. The Morgan fingerprint density at radius 2 is 2.00 bits per heavy atom. The number of oxime groups is 1. The fourth-order valence-corrected chi connectivity index (χ4v) is 1.61. The Morgan fingerprint density at radius 1 is 1.39 bits per heavy atom. The molecule has 0 aromatic heterocycles. The minimum Gasteiger partial charge on any atom is -0.409 e. The molecule has 0 aliphatic heterocycles. The van der Waals surface area contributed by atoms with Crippen molar-refractivity contribution in [3.8, 4) is 0 Å². The molecular formula is C13H29N3O2. The lowest BCUT2D eigenvalue weighted by Gasteiger charge is -2.24. The van der Waals surface area contributed by atoms with E-state index < -0.39 is 0 Å². The van der Waals surface area contributed by atoms with Crippen LogP contribution in [0.25, 0.3) is 0 Å². The quantitative estimate of drug-likeness (QED) is 0.287. The third-order valence-corrected chi connectivity index (χ3v) is 3.07. The largest absolute Gasteiger partial charge is 0.409 e. The van der Waals surface area contributed by atoms with Crippen LogP contribution in [-0.4, -0.2) is 48.8 Å². The Bertz CT molecular complexity index is 253. The molecule has 0 heterocycles. The van der Waals surface area contributed by atoms with Crippen molar-refractivity contribution in [2.45, 2.75) is 46.6 Å². The van der Waals surface area contributed by atoms with E-state index in [1.807, 2.05) is 27.7 Å². The minimum atomic E-state index is -0.246. The monoisotopic (exact) mass is 259 g/mol. The van der Waals surface area contributed by atoms with Gasteiger partial charge in [-0.1, -0.05) is 19.0 Å². The van der Waals surface area contributed by atoms with Crippen LogP contribution < -0.4 is 5.73 Å². The molecule has 0 unspecified atom stereocenters. The van der Waals surface area contributed by atoms with Crippen molar-refractivity contribution in [3.05, 3.63) is 0 Å². The number of nitrogens with zero attached hydrogens (tertiary/aromatic N) is 2. The summed E-state index contributed by atoms with van der Waals surface area (Å²) in [5.74, 6) is 0.299. The first-order valence-corrected chi connectivity index (χ1v) is 6.57. The maximum Gasteiger partial charge on any atom is 0.144 e. The molecule has 0 saturated heterocycles. The number of nitrogens with two attached hydrogens (primary N) is 1. The number of likely N-dealkylation sites (N-methyl/N-ethyl adjacent to an activating group) is 1. The van der Waals surface area contributed by atoms with E-state index in [2.05, 4.69) is 17.1 Å². The van der Waals surface area contributed by atoms with Crippen LogP contribution in [-0.2, 0) is 4.74 Å². The lowest BCUT2D eigenvalue weighted by molar-refractivity contribution is 0.0634. The molecule has 0 spiro atoms. The second kappa shape index (κ2) is 8.32. The molecule has 108 valence electrons. The van der Waals surface area contributed by atoms with Crippen LogP contribution in [0.3, 0.4) is 0 Å². The van der Waals surface area contributed by atoms with E-state index in [1.54, 1.807) is 0 Å². The Balaban J connectivity index is 3.77. The van der Waals surface area contributed by atoms with Crippen LogP contribution >= 0.6 is 0 Å². The van der Waals surface area contributed by atoms with E-state index in [9.17, 15) is 0 Å². The number of amidine groups is 1. The van der Waals surface area contributed by atoms with Crippen molar-refractivity contribution >= 4 is 5.84 Å². The molecule has 0 atom stereocenters. The highest BCUT2D eigenvalue weighted by atomic mass is 16.5. The lowest BCUT2D eigenvalue weighted by atomic mass is 9.86. The Kier molecular flexibility index (Phi) is 7.95. The summed E-state index contributed by atoms with van der Waals surface area (Å²) >= 11 is 0. The van der Waals surface area contributed by atoms with Crippen LogP contribution in [0.15, 0.2) is 5.16 Å². The Morgan fingerprint density at radius 3 is 2.50 bits per heavy atom. The van der Waals surface area contributed by atoms with Gasteiger partial charge >= 0.3 is 0 Å². The number of hydrogen-bond donors (Lipinski definition) is 2. The molecule has 0 bridgehead atoms. The molecule has 0 aliphatic rings. The molecule has 0 aromatic rings. The fraction of sp³-hybridized carbons (Fsp3) is 0.923. The van der Waals surface area contributed by atoms with Crippen molar-refractivity contribution in [1.82, 2.24) is 4.90 Å². The van der Waals surface area contributed by atoms with E-state index in [-0.39, 0.29) is 11.5 Å². The van der Waals surface area contributed by atoms with Crippen molar-refractivity contribution in [2.75, 3.05) is 26.7 Å². The van der Waals surface area contributed by atoms with Gasteiger partial charge in [-0.2, -0.15) is 0 Å². The van der Waals surface area contributed by atoms with Gasteiger partial charge in [0.25, 0.3) is 0 Å². The number of hydrogen-bond acceptors (Lipinski definition) is 4. The predicted octanol–water partition coefficient (Wildman–Crippen LogP) is 1.90. The Labute approximate surface area is 111 Å². The molecule has 0 aromatic carbocycles. The summed E-state index contributed by atoms with van der Waals surface area (Å²) < 4.78 is 5.50. The van der Waals surface area contributed by atoms with Gasteiger partial charge in [-0.15, -0.1) is 0 Å². The van der Waals surface area contributed by atoms with Gasteiger partial charge in [0, 0.05) is 12.0 Å². The molecule has 3 N–H and O–H groups in total. The zero-order valence-electron chi connectivity index (χ0n) is 12.4. The molecule has 18 heavy (non-hydrogen) atoms. The summed E-state index contributed by atoms with van der Waals surface area (Å²) in [6.07, 6.45) is 2.21. The van der Waals surface area contributed by atoms with Gasteiger partial charge in [-0.3, -0.25) is 0 Å². The molecule has 0 amide bonds. The van der Waals surface area contributed by atoms with Gasteiger partial charge in [0.05, 0.1) is 12.7 Å². The lowest BCUT2D eigenvalue weighted by Crippen LogP contribution is -2.33. The maximum absolute atomic E-state index is 8.68. The summed E-state index contributed by atoms with van der Waals surface area (Å²) in [6.45, 7) is 10.7. The standard InChI is InChI=1S/C13H29N3O2/c1-11(2)18-10-9-16(5)8-6-7-13(3,4)12(14)15-17/h11,17H,6-10H2,1-5H3,(H2,14,15). The molecule has 0 rings (SSSR count). The SMILES string of the molecule is CC(C)OCCN(C)CCCC(C)(C)C(N)=NO. The highest BCUT2D eigenvalue weighted by molar-refractivity contribution is 5.85. The van der Waals surface area contributed by atoms with Gasteiger partial charge in [0.15, 0.2) is 0 Å². The van der Waals surface area contributed by atoms with Gasteiger partial charge in [-0.05, 0) is 40.3 Å². The second-order valence-corrected chi connectivity index (χ2v) is 5.70. The zero-order valence-corrected chi connectivity index (χ0v) is 12.4. The third-order valence-electron chi connectivity index (χ3n) is 3.07. The Hall–Kier alpha value is -0.810. The molecule has 5 nitrogen and oxygen atoms in total.